The quantitative estimate of drug-likeness (QED) is 0.609. The molecule has 1 aromatic rings. The minimum absolute atomic E-state index is 0.156. The van der Waals surface area contributed by atoms with E-state index in [2.05, 4.69) is 24.9 Å². The Kier molecular flexibility index (Phi) is 3.58. The molecule has 1 aliphatic heterocycles. The summed E-state index contributed by atoms with van der Waals surface area (Å²) < 4.78 is 0. The Morgan fingerprint density at radius 1 is 1.37 bits per heavy atom. The third kappa shape index (κ3) is 2.76. The summed E-state index contributed by atoms with van der Waals surface area (Å²) in [6.07, 6.45) is 1.14. The van der Waals surface area contributed by atoms with Crippen molar-refractivity contribution in [2.45, 2.75) is 37.5 Å². The van der Waals surface area contributed by atoms with E-state index < -0.39 is 0 Å². The Labute approximate surface area is 117 Å². The number of fused-ring (bicyclic) bond motifs is 1. The fraction of sp³-hybridized carbons (Fsp3) is 0.429. The normalized spacial score (nSPS) is 16.6. The molecule has 0 saturated heterocycles. The first kappa shape index (κ1) is 13.9. The molecule has 0 aliphatic carbocycles. The van der Waals surface area contributed by atoms with Gasteiger partial charge in [0.15, 0.2) is 5.96 Å². The number of hydrogen-bond donors (Lipinski definition) is 2. The molecule has 0 spiro atoms. The van der Waals surface area contributed by atoms with Crippen LogP contribution < -0.4 is 11.5 Å². The number of nitrogens with zero attached hydrogens (tertiary/aromatic N) is 1. The summed E-state index contributed by atoms with van der Waals surface area (Å²) in [6, 6.07) is 4.02. The molecule has 0 bridgehead atoms. The van der Waals surface area contributed by atoms with Crippen molar-refractivity contribution in [3.63, 3.8) is 0 Å². The number of aryl methyl sites for hydroxylation is 1. The van der Waals surface area contributed by atoms with Gasteiger partial charge in [-0.15, -0.1) is 11.8 Å². The number of carbonyl (C=O) groups is 1. The predicted molar refractivity (Wildman–Crippen MR) is 79.7 cm³/mol. The van der Waals surface area contributed by atoms with Crippen molar-refractivity contribution in [2.24, 2.45) is 16.5 Å². The van der Waals surface area contributed by atoms with Crippen LogP contribution in [0, 0.1) is 6.92 Å². The van der Waals surface area contributed by atoms with Crippen LogP contribution in [0.15, 0.2) is 22.0 Å². The van der Waals surface area contributed by atoms with Gasteiger partial charge in [0.25, 0.3) is 5.91 Å². The van der Waals surface area contributed by atoms with E-state index in [1.165, 1.54) is 5.56 Å². The van der Waals surface area contributed by atoms with Gasteiger partial charge in [-0.05, 0) is 41.7 Å². The molecule has 1 aromatic carbocycles. The Morgan fingerprint density at radius 2 is 2.05 bits per heavy atom. The standard InChI is InChI=1S/C14H19N3OS/c1-8-6-10-11(19-5-4-14(10,2)3)7-9(8)12(18)17-13(15)16/h6-7H,4-5H2,1-3H3,(H4,15,16,17,18). The third-order valence-corrected chi connectivity index (χ3v) is 4.56. The maximum Gasteiger partial charge on any atom is 0.280 e. The van der Waals surface area contributed by atoms with Gasteiger partial charge >= 0.3 is 0 Å². The van der Waals surface area contributed by atoms with Crippen LogP contribution >= 0.6 is 11.8 Å². The van der Waals surface area contributed by atoms with Gasteiger partial charge in [0.1, 0.15) is 0 Å². The number of aliphatic imine (C=N–C) groups is 1. The highest BCUT2D eigenvalue weighted by molar-refractivity contribution is 7.99. The zero-order valence-corrected chi connectivity index (χ0v) is 12.3. The Morgan fingerprint density at radius 3 is 2.68 bits per heavy atom. The van der Waals surface area contributed by atoms with Gasteiger partial charge in [-0.1, -0.05) is 19.9 Å². The first-order valence-electron chi connectivity index (χ1n) is 6.23. The number of nitrogens with two attached hydrogens (primary N) is 2. The molecule has 0 radical (unpaired) electrons. The van der Waals surface area contributed by atoms with Crippen LogP contribution in [0.3, 0.4) is 0 Å². The van der Waals surface area contributed by atoms with Crippen LogP contribution in [0.5, 0.6) is 0 Å². The summed E-state index contributed by atoms with van der Waals surface area (Å²) in [5.41, 5.74) is 13.5. The number of guanidine groups is 1. The number of thioether (sulfide) groups is 1. The Hall–Kier alpha value is -1.49. The number of amides is 1. The molecule has 102 valence electrons. The predicted octanol–water partition coefficient (Wildman–Crippen LogP) is 2.18. The van der Waals surface area contributed by atoms with E-state index in [4.69, 9.17) is 11.5 Å². The molecule has 1 amide bonds. The highest BCUT2D eigenvalue weighted by atomic mass is 32.2. The molecule has 4 nitrogen and oxygen atoms in total. The Bertz CT molecular complexity index is 560. The molecule has 1 aliphatic rings. The minimum atomic E-state index is -0.371. The fourth-order valence-corrected chi connectivity index (χ4v) is 3.82. The number of hydrogen-bond acceptors (Lipinski definition) is 2. The van der Waals surface area contributed by atoms with Crippen molar-refractivity contribution in [1.82, 2.24) is 0 Å². The second kappa shape index (κ2) is 4.89. The van der Waals surface area contributed by atoms with E-state index >= 15 is 0 Å². The molecule has 0 saturated carbocycles. The molecule has 2 rings (SSSR count). The topological polar surface area (TPSA) is 81.5 Å². The zero-order chi connectivity index (χ0) is 14.2. The second-order valence-electron chi connectivity index (χ2n) is 5.49. The number of carbonyl (C=O) groups excluding carboxylic acids is 1. The summed E-state index contributed by atoms with van der Waals surface area (Å²) in [5, 5.41) is 0. The summed E-state index contributed by atoms with van der Waals surface area (Å²) >= 11 is 1.79. The summed E-state index contributed by atoms with van der Waals surface area (Å²) in [7, 11) is 0. The number of benzene rings is 1. The molecule has 1 heterocycles. The van der Waals surface area contributed by atoms with Gasteiger partial charge in [0, 0.05) is 10.5 Å². The van der Waals surface area contributed by atoms with E-state index in [9.17, 15) is 4.79 Å². The molecule has 0 aromatic heterocycles. The molecular formula is C14H19N3OS. The largest absolute Gasteiger partial charge is 0.370 e. The molecular weight excluding hydrogens is 258 g/mol. The molecule has 0 unspecified atom stereocenters. The van der Waals surface area contributed by atoms with Gasteiger partial charge in [-0.3, -0.25) is 4.79 Å². The average Bonchev–Trinajstić information content (AvgIpc) is 2.28. The lowest BCUT2D eigenvalue weighted by atomic mass is 9.80. The lowest BCUT2D eigenvalue weighted by Crippen LogP contribution is -2.25. The molecule has 19 heavy (non-hydrogen) atoms. The molecule has 5 heteroatoms. The van der Waals surface area contributed by atoms with Gasteiger partial charge < -0.3 is 11.5 Å². The summed E-state index contributed by atoms with van der Waals surface area (Å²) in [5.74, 6) is 0.498. The smallest absolute Gasteiger partial charge is 0.280 e. The van der Waals surface area contributed by atoms with Crippen LogP contribution in [-0.4, -0.2) is 17.6 Å². The number of rotatable bonds is 1. The van der Waals surface area contributed by atoms with Crippen molar-refractivity contribution in [3.8, 4) is 0 Å². The SMILES string of the molecule is Cc1cc2c(cc1C(=O)N=C(N)N)SCCC2(C)C. The van der Waals surface area contributed by atoms with Gasteiger partial charge in [0.2, 0.25) is 0 Å². The Balaban J connectivity index is 2.51. The maximum absolute atomic E-state index is 12.0. The molecule has 0 atom stereocenters. The molecule has 0 fully saturated rings. The van der Waals surface area contributed by atoms with Gasteiger partial charge in [-0.2, -0.15) is 4.99 Å². The van der Waals surface area contributed by atoms with Crippen LogP contribution in [0.25, 0.3) is 0 Å². The highest BCUT2D eigenvalue weighted by Gasteiger charge is 2.29. The van der Waals surface area contributed by atoms with Crippen LogP contribution in [0.1, 0.15) is 41.8 Å². The first-order chi connectivity index (χ1) is 8.81. The third-order valence-electron chi connectivity index (χ3n) is 3.50. The summed E-state index contributed by atoms with van der Waals surface area (Å²) in [4.78, 5) is 16.7. The summed E-state index contributed by atoms with van der Waals surface area (Å²) in [6.45, 7) is 6.40. The van der Waals surface area contributed by atoms with Crippen molar-refractivity contribution < 1.29 is 4.79 Å². The first-order valence-corrected chi connectivity index (χ1v) is 7.22. The van der Waals surface area contributed by atoms with Crippen molar-refractivity contribution in [3.05, 3.63) is 28.8 Å². The average molecular weight is 277 g/mol. The van der Waals surface area contributed by atoms with Crippen LogP contribution in [-0.2, 0) is 5.41 Å². The lowest BCUT2D eigenvalue weighted by Gasteiger charge is -2.32. The zero-order valence-electron chi connectivity index (χ0n) is 11.5. The van der Waals surface area contributed by atoms with Crippen molar-refractivity contribution >= 4 is 23.6 Å². The highest BCUT2D eigenvalue weighted by Crippen LogP contribution is 2.42. The van der Waals surface area contributed by atoms with E-state index in [1.54, 1.807) is 11.8 Å². The minimum Gasteiger partial charge on any atom is -0.370 e. The second-order valence-corrected chi connectivity index (χ2v) is 6.62. The monoisotopic (exact) mass is 277 g/mol. The van der Waals surface area contributed by atoms with Crippen LogP contribution in [0.4, 0.5) is 0 Å². The lowest BCUT2D eigenvalue weighted by molar-refractivity contribution is 0.100. The maximum atomic E-state index is 12.0. The van der Waals surface area contributed by atoms with Gasteiger partial charge in [0.05, 0.1) is 0 Å². The van der Waals surface area contributed by atoms with Crippen LogP contribution in [0.2, 0.25) is 0 Å². The fourth-order valence-electron chi connectivity index (χ4n) is 2.30. The molecule has 4 N–H and O–H groups in total. The van der Waals surface area contributed by atoms with E-state index in [-0.39, 0.29) is 17.3 Å². The van der Waals surface area contributed by atoms with E-state index in [0.717, 1.165) is 22.6 Å². The van der Waals surface area contributed by atoms with E-state index in [1.807, 2.05) is 13.0 Å². The van der Waals surface area contributed by atoms with Crippen molar-refractivity contribution in [2.75, 3.05) is 5.75 Å². The van der Waals surface area contributed by atoms with Crippen molar-refractivity contribution in [1.29, 1.82) is 0 Å². The van der Waals surface area contributed by atoms with E-state index in [0.29, 0.717) is 5.56 Å². The van der Waals surface area contributed by atoms with Gasteiger partial charge in [-0.25, -0.2) is 0 Å².